The zero-order valence-electron chi connectivity index (χ0n) is 9.04. The molecule has 14 heavy (non-hydrogen) atoms. The molecule has 0 aliphatic heterocycles. The van der Waals surface area contributed by atoms with E-state index in [4.69, 9.17) is 4.74 Å². The van der Waals surface area contributed by atoms with E-state index in [-0.39, 0.29) is 12.1 Å². The lowest BCUT2D eigenvalue weighted by atomic mass is 9.70. The van der Waals surface area contributed by atoms with E-state index in [9.17, 15) is 9.90 Å². The maximum absolute atomic E-state index is 10.9. The third kappa shape index (κ3) is 1.98. The predicted molar refractivity (Wildman–Crippen MR) is 53.7 cm³/mol. The van der Waals surface area contributed by atoms with Gasteiger partial charge in [-0.2, -0.15) is 0 Å². The summed E-state index contributed by atoms with van der Waals surface area (Å²) in [7, 11) is 0. The summed E-state index contributed by atoms with van der Waals surface area (Å²) in [6.07, 6.45) is 0.632. The van der Waals surface area contributed by atoms with E-state index >= 15 is 0 Å². The van der Waals surface area contributed by atoms with Gasteiger partial charge in [0.25, 0.3) is 0 Å². The third-order valence-corrected chi connectivity index (χ3v) is 2.93. The topological polar surface area (TPSA) is 46.5 Å². The second kappa shape index (κ2) is 3.73. The quantitative estimate of drug-likeness (QED) is 0.515. The Bertz CT molecular complexity index is 255. The molecule has 0 saturated heterocycles. The maximum atomic E-state index is 10.9. The van der Waals surface area contributed by atoms with E-state index in [1.807, 2.05) is 13.8 Å². The summed E-state index contributed by atoms with van der Waals surface area (Å²) in [4.78, 5) is 10.9. The van der Waals surface area contributed by atoms with Crippen LogP contribution in [0.15, 0.2) is 12.2 Å². The first kappa shape index (κ1) is 11.2. The smallest absolute Gasteiger partial charge is 0.303 e. The van der Waals surface area contributed by atoms with Crippen molar-refractivity contribution in [2.45, 2.75) is 45.8 Å². The fraction of sp³-hybridized carbons (Fsp3) is 0.727. The first-order chi connectivity index (χ1) is 6.35. The van der Waals surface area contributed by atoms with E-state index < -0.39 is 11.5 Å². The number of hydrogen-bond acceptors (Lipinski definition) is 3. The summed E-state index contributed by atoms with van der Waals surface area (Å²) in [6.45, 7) is 9.07. The fourth-order valence-electron chi connectivity index (χ4n) is 1.93. The highest BCUT2D eigenvalue weighted by Gasteiger charge is 2.43. The van der Waals surface area contributed by atoms with Gasteiger partial charge in [-0.15, -0.1) is 0 Å². The molecule has 1 saturated carbocycles. The lowest BCUT2D eigenvalue weighted by Crippen LogP contribution is -2.47. The van der Waals surface area contributed by atoms with Crippen molar-refractivity contribution in [1.29, 1.82) is 0 Å². The molecule has 0 spiro atoms. The fourth-order valence-corrected chi connectivity index (χ4v) is 1.93. The second-order valence-electron chi connectivity index (χ2n) is 4.52. The van der Waals surface area contributed by atoms with Gasteiger partial charge in [0.2, 0.25) is 0 Å². The van der Waals surface area contributed by atoms with Gasteiger partial charge in [-0.25, -0.2) is 0 Å². The minimum absolute atomic E-state index is 0.321. The van der Waals surface area contributed by atoms with E-state index in [1.165, 1.54) is 6.92 Å². The molecule has 0 amide bonds. The van der Waals surface area contributed by atoms with Crippen molar-refractivity contribution in [3.63, 3.8) is 0 Å². The highest BCUT2D eigenvalue weighted by molar-refractivity contribution is 5.66. The molecule has 1 rings (SSSR count). The van der Waals surface area contributed by atoms with Crippen LogP contribution in [0.3, 0.4) is 0 Å². The van der Waals surface area contributed by atoms with Gasteiger partial charge in [-0.3, -0.25) is 4.79 Å². The van der Waals surface area contributed by atoms with Gasteiger partial charge in [-0.05, 0) is 18.4 Å². The van der Waals surface area contributed by atoms with Gasteiger partial charge in [0.15, 0.2) is 0 Å². The molecule has 0 aromatic carbocycles. The highest BCUT2D eigenvalue weighted by Crippen LogP contribution is 2.40. The highest BCUT2D eigenvalue weighted by atomic mass is 16.5. The third-order valence-electron chi connectivity index (χ3n) is 2.93. The van der Waals surface area contributed by atoms with Crippen LogP contribution in [0.25, 0.3) is 0 Å². The average Bonchev–Trinajstić information content (AvgIpc) is 2.06. The Labute approximate surface area is 84.8 Å². The SMILES string of the molecule is C=C1CCC(O)C(C)(C)C1OC(C)=O. The van der Waals surface area contributed by atoms with Crippen molar-refractivity contribution in [3.05, 3.63) is 12.2 Å². The Kier molecular flexibility index (Phi) is 3.00. The van der Waals surface area contributed by atoms with Gasteiger partial charge in [0.1, 0.15) is 6.10 Å². The molecule has 3 heteroatoms. The summed E-state index contributed by atoms with van der Waals surface area (Å²) in [6, 6.07) is 0. The van der Waals surface area contributed by atoms with Crippen LogP contribution in [0, 0.1) is 5.41 Å². The number of ether oxygens (including phenoxy) is 1. The predicted octanol–water partition coefficient (Wildman–Crippen LogP) is 1.66. The summed E-state index contributed by atoms with van der Waals surface area (Å²) in [5.74, 6) is -0.321. The molecule has 0 aromatic rings. The van der Waals surface area contributed by atoms with Crippen LogP contribution in [0.2, 0.25) is 0 Å². The van der Waals surface area contributed by atoms with Gasteiger partial charge in [0.05, 0.1) is 6.10 Å². The monoisotopic (exact) mass is 198 g/mol. The van der Waals surface area contributed by atoms with Gasteiger partial charge in [0, 0.05) is 12.3 Å². The van der Waals surface area contributed by atoms with Crippen LogP contribution in [-0.4, -0.2) is 23.3 Å². The maximum Gasteiger partial charge on any atom is 0.303 e. The number of aliphatic hydroxyl groups excluding tert-OH is 1. The Balaban J connectivity index is 2.85. The number of rotatable bonds is 1. The molecular formula is C11H18O3. The Morgan fingerprint density at radius 1 is 1.64 bits per heavy atom. The van der Waals surface area contributed by atoms with E-state index in [0.717, 1.165) is 12.0 Å². The number of hydrogen-bond donors (Lipinski definition) is 1. The molecule has 0 heterocycles. The summed E-state index contributed by atoms with van der Waals surface area (Å²) in [5.41, 5.74) is 0.469. The molecule has 1 aliphatic rings. The zero-order chi connectivity index (χ0) is 10.9. The molecule has 0 bridgehead atoms. The molecule has 2 atom stereocenters. The lowest BCUT2D eigenvalue weighted by molar-refractivity contribution is -0.156. The first-order valence-electron chi connectivity index (χ1n) is 4.88. The summed E-state index contributed by atoms with van der Waals surface area (Å²) >= 11 is 0. The van der Waals surface area contributed by atoms with Crippen LogP contribution in [0.4, 0.5) is 0 Å². The molecule has 1 fully saturated rings. The molecule has 2 unspecified atom stereocenters. The normalized spacial score (nSPS) is 31.3. The van der Waals surface area contributed by atoms with Crippen LogP contribution >= 0.6 is 0 Å². The Hall–Kier alpha value is -0.830. The van der Waals surface area contributed by atoms with Gasteiger partial charge < -0.3 is 9.84 Å². The minimum atomic E-state index is -0.433. The molecule has 80 valence electrons. The lowest BCUT2D eigenvalue weighted by Gasteiger charge is -2.42. The number of carbonyl (C=O) groups excluding carboxylic acids is 1. The van der Waals surface area contributed by atoms with Crippen LogP contribution in [-0.2, 0) is 9.53 Å². The van der Waals surface area contributed by atoms with E-state index in [0.29, 0.717) is 6.42 Å². The number of carbonyl (C=O) groups is 1. The second-order valence-corrected chi connectivity index (χ2v) is 4.52. The first-order valence-corrected chi connectivity index (χ1v) is 4.88. The molecule has 3 nitrogen and oxygen atoms in total. The van der Waals surface area contributed by atoms with Gasteiger partial charge >= 0.3 is 5.97 Å². The molecule has 1 N–H and O–H groups in total. The van der Waals surface area contributed by atoms with Crippen LogP contribution in [0.5, 0.6) is 0 Å². The van der Waals surface area contributed by atoms with Gasteiger partial charge in [-0.1, -0.05) is 20.4 Å². The standard InChI is InChI=1S/C11H18O3/c1-7-5-6-9(13)11(3,4)10(7)14-8(2)12/h9-10,13H,1,5-6H2,2-4H3. The van der Waals surface area contributed by atoms with Crippen molar-refractivity contribution >= 4 is 5.97 Å². The largest absolute Gasteiger partial charge is 0.457 e. The van der Waals surface area contributed by atoms with Crippen molar-refractivity contribution in [1.82, 2.24) is 0 Å². The number of esters is 1. The molecule has 0 radical (unpaired) electrons. The molecular weight excluding hydrogens is 180 g/mol. The summed E-state index contributed by atoms with van der Waals surface area (Å²) < 4.78 is 5.19. The Morgan fingerprint density at radius 3 is 2.71 bits per heavy atom. The summed E-state index contributed by atoms with van der Waals surface area (Å²) in [5, 5.41) is 9.81. The van der Waals surface area contributed by atoms with Crippen molar-refractivity contribution in [2.75, 3.05) is 0 Å². The van der Waals surface area contributed by atoms with E-state index in [2.05, 4.69) is 6.58 Å². The molecule has 1 aliphatic carbocycles. The zero-order valence-corrected chi connectivity index (χ0v) is 9.04. The van der Waals surface area contributed by atoms with Crippen molar-refractivity contribution in [3.8, 4) is 0 Å². The van der Waals surface area contributed by atoms with Crippen molar-refractivity contribution in [2.24, 2.45) is 5.41 Å². The van der Waals surface area contributed by atoms with Crippen LogP contribution < -0.4 is 0 Å². The minimum Gasteiger partial charge on any atom is -0.457 e. The van der Waals surface area contributed by atoms with Crippen LogP contribution in [0.1, 0.15) is 33.6 Å². The van der Waals surface area contributed by atoms with Crippen molar-refractivity contribution < 1.29 is 14.6 Å². The molecule has 0 aromatic heterocycles. The average molecular weight is 198 g/mol. The van der Waals surface area contributed by atoms with E-state index in [1.54, 1.807) is 0 Å². The Morgan fingerprint density at radius 2 is 2.21 bits per heavy atom. The number of aliphatic hydroxyl groups is 1.